The summed E-state index contributed by atoms with van der Waals surface area (Å²) in [6.07, 6.45) is 3.38. The predicted molar refractivity (Wildman–Crippen MR) is 80.2 cm³/mol. The predicted octanol–water partition coefficient (Wildman–Crippen LogP) is 2.99. The summed E-state index contributed by atoms with van der Waals surface area (Å²) in [7, 11) is 0. The van der Waals surface area contributed by atoms with E-state index in [-0.39, 0.29) is 11.2 Å². The van der Waals surface area contributed by atoms with Gasteiger partial charge in [-0.25, -0.2) is 0 Å². The molecule has 0 aliphatic carbocycles. The third-order valence-corrected chi connectivity index (χ3v) is 4.05. The third kappa shape index (κ3) is 3.00. The molecule has 2 aromatic rings. The Balaban J connectivity index is 1.79. The van der Waals surface area contributed by atoms with Crippen LogP contribution in [0.4, 0.5) is 0 Å². The number of hydrogen-bond acceptors (Lipinski definition) is 4. The minimum absolute atomic E-state index is 0.338. The summed E-state index contributed by atoms with van der Waals surface area (Å²) < 4.78 is 5.31. The third-order valence-electron chi connectivity index (χ3n) is 4.05. The highest BCUT2D eigenvalue weighted by Crippen LogP contribution is 2.33. The largest absolute Gasteiger partial charge is 0.502 e. The van der Waals surface area contributed by atoms with Gasteiger partial charge >= 0.3 is 0 Å². The van der Waals surface area contributed by atoms with Gasteiger partial charge in [-0.1, -0.05) is 29.8 Å². The molecule has 1 aliphatic heterocycles. The molecular formula is C17H19NO3. The molecule has 1 aromatic heterocycles. The molecule has 3 rings (SSSR count). The van der Waals surface area contributed by atoms with Gasteiger partial charge in [0.2, 0.25) is 5.43 Å². The normalized spacial score (nSPS) is 19.0. The van der Waals surface area contributed by atoms with E-state index in [2.05, 4.69) is 36.1 Å². The molecular weight excluding hydrogens is 266 g/mol. The Labute approximate surface area is 123 Å². The van der Waals surface area contributed by atoms with Crippen LogP contribution in [-0.4, -0.2) is 16.6 Å². The van der Waals surface area contributed by atoms with Crippen molar-refractivity contribution in [3.05, 3.63) is 63.7 Å². The summed E-state index contributed by atoms with van der Waals surface area (Å²) in [5.74, 6) is 0.257. The van der Waals surface area contributed by atoms with E-state index in [1.165, 1.54) is 17.2 Å². The first-order chi connectivity index (χ1) is 10.1. The molecule has 0 spiro atoms. The van der Waals surface area contributed by atoms with Crippen molar-refractivity contribution in [2.45, 2.75) is 32.4 Å². The molecule has 110 valence electrons. The van der Waals surface area contributed by atoms with Crippen LogP contribution in [-0.2, 0) is 6.54 Å². The molecule has 0 saturated carbocycles. The average Bonchev–Trinajstić information content (AvgIpc) is 2.92. The fourth-order valence-electron chi connectivity index (χ4n) is 2.91. The van der Waals surface area contributed by atoms with Crippen LogP contribution in [0, 0.1) is 6.92 Å². The molecule has 1 fully saturated rings. The van der Waals surface area contributed by atoms with Crippen molar-refractivity contribution in [2.75, 3.05) is 6.54 Å². The van der Waals surface area contributed by atoms with Crippen molar-refractivity contribution in [2.24, 2.45) is 0 Å². The Hall–Kier alpha value is -2.07. The van der Waals surface area contributed by atoms with Crippen molar-refractivity contribution >= 4 is 0 Å². The Bertz CT molecular complexity index is 675. The Kier molecular flexibility index (Phi) is 3.80. The van der Waals surface area contributed by atoms with E-state index in [0.29, 0.717) is 18.3 Å². The maximum absolute atomic E-state index is 11.5. The second-order valence-electron chi connectivity index (χ2n) is 5.64. The fourth-order valence-corrected chi connectivity index (χ4v) is 2.91. The van der Waals surface area contributed by atoms with Crippen molar-refractivity contribution in [3.8, 4) is 5.75 Å². The first-order valence-corrected chi connectivity index (χ1v) is 7.25. The highest BCUT2D eigenvalue weighted by molar-refractivity contribution is 5.25. The minimum Gasteiger partial charge on any atom is -0.502 e. The van der Waals surface area contributed by atoms with Crippen molar-refractivity contribution in [1.82, 2.24) is 4.90 Å². The Morgan fingerprint density at radius 1 is 1.33 bits per heavy atom. The lowest BCUT2D eigenvalue weighted by Crippen LogP contribution is -2.23. The maximum Gasteiger partial charge on any atom is 0.226 e. The Morgan fingerprint density at radius 2 is 2.10 bits per heavy atom. The smallest absolute Gasteiger partial charge is 0.226 e. The lowest BCUT2D eigenvalue weighted by molar-refractivity contribution is 0.224. The van der Waals surface area contributed by atoms with E-state index in [9.17, 15) is 9.90 Å². The number of nitrogens with zero attached hydrogens (tertiary/aromatic N) is 1. The van der Waals surface area contributed by atoms with Crippen LogP contribution < -0.4 is 5.43 Å². The number of benzene rings is 1. The van der Waals surface area contributed by atoms with E-state index < -0.39 is 0 Å². The van der Waals surface area contributed by atoms with E-state index in [0.717, 1.165) is 25.6 Å². The number of hydrogen-bond donors (Lipinski definition) is 1. The van der Waals surface area contributed by atoms with Crippen LogP contribution in [0.25, 0.3) is 0 Å². The van der Waals surface area contributed by atoms with Crippen LogP contribution in [0.2, 0.25) is 0 Å². The highest BCUT2D eigenvalue weighted by atomic mass is 16.4. The fraction of sp³-hybridized carbons (Fsp3) is 0.353. The summed E-state index contributed by atoms with van der Waals surface area (Å²) >= 11 is 0. The summed E-state index contributed by atoms with van der Waals surface area (Å²) in [5, 5.41) is 9.24. The van der Waals surface area contributed by atoms with Gasteiger partial charge in [-0.3, -0.25) is 9.69 Å². The highest BCUT2D eigenvalue weighted by Gasteiger charge is 2.26. The average molecular weight is 285 g/mol. The molecule has 4 nitrogen and oxygen atoms in total. The molecule has 0 bridgehead atoms. The second kappa shape index (κ2) is 5.74. The molecule has 1 N–H and O–H groups in total. The number of rotatable bonds is 3. The maximum atomic E-state index is 11.5. The van der Waals surface area contributed by atoms with Gasteiger partial charge < -0.3 is 9.52 Å². The van der Waals surface area contributed by atoms with Crippen LogP contribution in [0.1, 0.15) is 35.8 Å². The molecule has 1 atom stereocenters. The summed E-state index contributed by atoms with van der Waals surface area (Å²) in [6.45, 7) is 3.67. The van der Waals surface area contributed by atoms with Gasteiger partial charge in [0.25, 0.3) is 0 Å². The molecule has 0 radical (unpaired) electrons. The van der Waals surface area contributed by atoms with Crippen molar-refractivity contribution in [1.29, 1.82) is 0 Å². The van der Waals surface area contributed by atoms with Gasteiger partial charge in [0.1, 0.15) is 12.0 Å². The van der Waals surface area contributed by atoms with Crippen molar-refractivity contribution < 1.29 is 9.52 Å². The summed E-state index contributed by atoms with van der Waals surface area (Å²) in [4.78, 5) is 13.8. The second-order valence-corrected chi connectivity index (χ2v) is 5.64. The molecule has 21 heavy (non-hydrogen) atoms. The first-order valence-electron chi connectivity index (χ1n) is 7.25. The van der Waals surface area contributed by atoms with Gasteiger partial charge in [-0.05, 0) is 31.9 Å². The molecule has 0 amide bonds. The monoisotopic (exact) mass is 285 g/mol. The van der Waals surface area contributed by atoms with Gasteiger partial charge in [0.15, 0.2) is 5.75 Å². The van der Waals surface area contributed by atoms with E-state index in [4.69, 9.17) is 4.42 Å². The van der Waals surface area contributed by atoms with Crippen LogP contribution >= 0.6 is 0 Å². The molecule has 4 heteroatoms. The lowest BCUT2D eigenvalue weighted by atomic mass is 10.0. The quantitative estimate of drug-likeness (QED) is 0.942. The number of aromatic hydroxyl groups is 1. The van der Waals surface area contributed by atoms with Gasteiger partial charge in [0.05, 0.1) is 6.54 Å². The molecule has 1 aromatic carbocycles. The SMILES string of the molecule is Cc1ccc(C2CCCN2Cc2cc(=O)c(O)co2)cc1. The lowest BCUT2D eigenvalue weighted by Gasteiger charge is -2.24. The van der Waals surface area contributed by atoms with Crippen LogP contribution in [0.5, 0.6) is 5.75 Å². The standard InChI is InChI=1S/C17H19NO3/c1-12-4-6-13(7-5-12)15-3-2-8-18(15)10-14-9-16(19)17(20)11-21-14/h4-7,9,11,15,20H,2-3,8,10H2,1H3. The van der Waals surface area contributed by atoms with E-state index in [1.54, 1.807) is 0 Å². The molecule has 1 saturated heterocycles. The zero-order valence-electron chi connectivity index (χ0n) is 12.1. The van der Waals surface area contributed by atoms with Crippen molar-refractivity contribution in [3.63, 3.8) is 0 Å². The topological polar surface area (TPSA) is 53.7 Å². The van der Waals surface area contributed by atoms with Gasteiger partial charge in [0, 0.05) is 12.1 Å². The number of likely N-dealkylation sites (tertiary alicyclic amines) is 1. The zero-order chi connectivity index (χ0) is 14.8. The molecule has 1 aliphatic rings. The van der Waals surface area contributed by atoms with Gasteiger partial charge in [-0.2, -0.15) is 0 Å². The molecule has 1 unspecified atom stereocenters. The first kappa shape index (κ1) is 13.9. The molecule has 2 heterocycles. The van der Waals surface area contributed by atoms with E-state index in [1.807, 2.05) is 0 Å². The van der Waals surface area contributed by atoms with Crippen LogP contribution in [0.15, 0.2) is 45.8 Å². The Morgan fingerprint density at radius 3 is 2.81 bits per heavy atom. The van der Waals surface area contributed by atoms with Gasteiger partial charge in [-0.15, -0.1) is 0 Å². The summed E-state index contributed by atoms with van der Waals surface area (Å²) in [6, 6.07) is 10.3. The zero-order valence-corrected chi connectivity index (χ0v) is 12.1. The van der Waals surface area contributed by atoms with Crippen LogP contribution in [0.3, 0.4) is 0 Å². The summed E-state index contributed by atoms with van der Waals surface area (Å²) in [5.41, 5.74) is 2.18. The minimum atomic E-state index is -0.387. The van der Waals surface area contributed by atoms with E-state index >= 15 is 0 Å². The number of aryl methyl sites for hydroxylation is 1.